The first kappa shape index (κ1) is 11.6. The molecule has 1 aromatic carbocycles. The molecule has 100 valence electrons. The summed E-state index contributed by atoms with van der Waals surface area (Å²) in [4.78, 5) is 1.97. The van der Waals surface area contributed by atoms with Crippen molar-refractivity contribution in [3.05, 3.63) is 23.8 Å². The molecule has 0 saturated carbocycles. The maximum Gasteiger partial charge on any atom is 0.231 e. The largest absolute Gasteiger partial charge is 0.454 e. The Morgan fingerprint density at radius 3 is 2.84 bits per heavy atom. The number of ether oxygens (including phenoxy) is 2. The summed E-state index contributed by atoms with van der Waals surface area (Å²) in [5.74, 6) is 2.68. The van der Waals surface area contributed by atoms with Gasteiger partial charge in [-0.05, 0) is 17.7 Å². The fourth-order valence-corrected chi connectivity index (χ4v) is 2.05. The normalized spacial score (nSPS) is 12.7. The van der Waals surface area contributed by atoms with Gasteiger partial charge in [-0.3, -0.25) is 4.57 Å². The van der Waals surface area contributed by atoms with E-state index in [0.717, 1.165) is 23.0 Å². The third-order valence-corrected chi connectivity index (χ3v) is 3.08. The quantitative estimate of drug-likeness (QED) is 0.879. The lowest BCUT2D eigenvalue weighted by molar-refractivity contribution is 0.174. The molecule has 0 unspecified atom stereocenters. The van der Waals surface area contributed by atoms with Crippen LogP contribution in [0, 0.1) is 0 Å². The average Bonchev–Trinajstić information content (AvgIpc) is 2.97. The smallest absolute Gasteiger partial charge is 0.231 e. The van der Waals surface area contributed by atoms with Crippen molar-refractivity contribution in [3.8, 4) is 11.5 Å². The highest BCUT2D eigenvalue weighted by Crippen LogP contribution is 2.32. The van der Waals surface area contributed by atoms with Crippen molar-refractivity contribution in [2.45, 2.75) is 6.54 Å². The van der Waals surface area contributed by atoms with E-state index in [1.807, 2.05) is 37.2 Å². The van der Waals surface area contributed by atoms with Crippen molar-refractivity contribution in [2.75, 3.05) is 24.5 Å². The van der Waals surface area contributed by atoms with E-state index < -0.39 is 0 Å². The molecule has 0 radical (unpaired) electrons. The number of aromatic nitrogens is 3. The van der Waals surface area contributed by atoms with E-state index in [1.165, 1.54) is 0 Å². The molecule has 0 aliphatic carbocycles. The number of nitrogens with zero attached hydrogens (tertiary/aromatic N) is 4. The fourth-order valence-electron chi connectivity index (χ4n) is 2.05. The van der Waals surface area contributed by atoms with Gasteiger partial charge in [0.15, 0.2) is 11.5 Å². The number of nitrogen functional groups attached to an aromatic ring is 1. The van der Waals surface area contributed by atoms with E-state index in [9.17, 15) is 0 Å². The van der Waals surface area contributed by atoms with Gasteiger partial charge in [0.05, 0.1) is 0 Å². The number of anilines is 2. The minimum Gasteiger partial charge on any atom is -0.454 e. The Morgan fingerprint density at radius 2 is 2.11 bits per heavy atom. The molecule has 0 fully saturated rings. The van der Waals surface area contributed by atoms with Crippen LogP contribution in [-0.2, 0) is 13.6 Å². The van der Waals surface area contributed by atoms with Crippen LogP contribution < -0.4 is 20.1 Å². The van der Waals surface area contributed by atoms with E-state index >= 15 is 0 Å². The molecule has 0 bridgehead atoms. The zero-order valence-electron chi connectivity index (χ0n) is 10.8. The number of hydrogen-bond donors (Lipinski definition) is 1. The van der Waals surface area contributed by atoms with Gasteiger partial charge in [0.1, 0.15) is 0 Å². The van der Waals surface area contributed by atoms with E-state index in [-0.39, 0.29) is 6.79 Å². The zero-order chi connectivity index (χ0) is 13.4. The number of hydrogen-bond acceptors (Lipinski definition) is 6. The molecule has 19 heavy (non-hydrogen) atoms. The van der Waals surface area contributed by atoms with Gasteiger partial charge in [-0.15, -0.1) is 10.2 Å². The highest BCUT2D eigenvalue weighted by atomic mass is 16.7. The number of rotatable bonds is 3. The third-order valence-electron chi connectivity index (χ3n) is 3.08. The summed E-state index contributed by atoms with van der Waals surface area (Å²) in [7, 11) is 3.77. The zero-order valence-corrected chi connectivity index (χ0v) is 10.8. The Hall–Kier alpha value is -2.44. The van der Waals surface area contributed by atoms with Crippen LogP contribution in [-0.4, -0.2) is 28.6 Å². The van der Waals surface area contributed by atoms with Gasteiger partial charge in [0.25, 0.3) is 0 Å². The van der Waals surface area contributed by atoms with Gasteiger partial charge in [-0.25, -0.2) is 0 Å². The summed E-state index contributed by atoms with van der Waals surface area (Å²) in [5.41, 5.74) is 6.78. The molecule has 1 aromatic heterocycles. The predicted octanol–water partition coefficient (Wildman–Crippen LogP) is 0.762. The lowest BCUT2D eigenvalue weighted by Gasteiger charge is -2.17. The van der Waals surface area contributed by atoms with Gasteiger partial charge < -0.3 is 20.1 Å². The van der Waals surface area contributed by atoms with Crippen molar-refractivity contribution in [1.82, 2.24) is 14.8 Å². The second kappa shape index (κ2) is 4.34. The number of fused-ring (bicyclic) bond motifs is 1. The lowest BCUT2D eigenvalue weighted by Crippen LogP contribution is -2.20. The molecule has 0 saturated heterocycles. The molecule has 7 heteroatoms. The SMILES string of the molecule is CN(Cc1ccc2c(c1)OCO2)c1nnc(N)n1C. The molecular weight excluding hydrogens is 246 g/mol. The molecule has 2 N–H and O–H groups in total. The Morgan fingerprint density at radius 1 is 1.32 bits per heavy atom. The standard InChI is InChI=1S/C12H15N5O2/c1-16(12-15-14-11(13)17(12)2)6-8-3-4-9-10(5-8)19-7-18-9/h3-5H,6-7H2,1-2H3,(H2,13,14). The summed E-state index contributed by atoms with van der Waals surface area (Å²) in [6.07, 6.45) is 0. The van der Waals surface area contributed by atoms with Gasteiger partial charge >= 0.3 is 0 Å². The summed E-state index contributed by atoms with van der Waals surface area (Å²) in [6.45, 7) is 0.969. The molecule has 0 amide bonds. The van der Waals surface area contributed by atoms with Crippen LogP contribution >= 0.6 is 0 Å². The van der Waals surface area contributed by atoms with Crippen LogP contribution in [0.4, 0.5) is 11.9 Å². The summed E-state index contributed by atoms with van der Waals surface area (Å²) < 4.78 is 12.4. The van der Waals surface area contributed by atoms with Crippen LogP contribution in [0.5, 0.6) is 11.5 Å². The van der Waals surface area contributed by atoms with E-state index in [0.29, 0.717) is 12.5 Å². The van der Waals surface area contributed by atoms with E-state index in [1.54, 1.807) is 4.57 Å². The van der Waals surface area contributed by atoms with Crippen LogP contribution in [0.1, 0.15) is 5.56 Å². The van der Waals surface area contributed by atoms with Gasteiger partial charge in [-0.1, -0.05) is 6.07 Å². The maximum absolute atomic E-state index is 5.67. The van der Waals surface area contributed by atoms with Crippen molar-refractivity contribution < 1.29 is 9.47 Å². The molecule has 0 atom stereocenters. The van der Waals surface area contributed by atoms with Crippen LogP contribution in [0.25, 0.3) is 0 Å². The van der Waals surface area contributed by atoms with E-state index in [4.69, 9.17) is 15.2 Å². The van der Waals surface area contributed by atoms with E-state index in [2.05, 4.69) is 10.2 Å². The first-order valence-corrected chi connectivity index (χ1v) is 5.89. The number of nitrogens with two attached hydrogens (primary N) is 1. The third kappa shape index (κ3) is 2.03. The molecule has 2 aromatic rings. The minimum absolute atomic E-state index is 0.286. The van der Waals surface area contributed by atoms with Crippen molar-refractivity contribution in [1.29, 1.82) is 0 Å². The Kier molecular flexibility index (Phi) is 2.66. The van der Waals surface area contributed by atoms with Crippen LogP contribution in [0.2, 0.25) is 0 Å². The molecule has 2 heterocycles. The molecule has 3 rings (SSSR count). The predicted molar refractivity (Wildman–Crippen MR) is 70.1 cm³/mol. The molecular formula is C12H15N5O2. The van der Waals surface area contributed by atoms with Gasteiger partial charge in [0.2, 0.25) is 18.7 Å². The first-order chi connectivity index (χ1) is 9.15. The minimum atomic E-state index is 0.286. The number of benzene rings is 1. The Bertz CT molecular complexity index is 610. The second-order valence-corrected chi connectivity index (χ2v) is 4.46. The lowest BCUT2D eigenvalue weighted by atomic mass is 10.2. The maximum atomic E-state index is 5.67. The van der Waals surface area contributed by atoms with Gasteiger partial charge in [-0.2, -0.15) is 0 Å². The van der Waals surface area contributed by atoms with Gasteiger partial charge in [0, 0.05) is 20.6 Å². The first-order valence-electron chi connectivity index (χ1n) is 5.89. The summed E-state index contributed by atoms with van der Waals surface area (Å²) in [5, 5.41) is 7.88. The molecule has 1 aliphatic rings. The molecule has 0 spiro atoms. The summed E-state index contributed by atoms with van der Waals surface area (Å²) >= 11 is 0. The Balaban J connectivity index is 1.79. The highest BCUT2D eigenvalue weighted by Gasteiger charge is 2.15. The molecule has 7 nitrogen and oxygen atoms in total. The molecule has 1 aliphatic heterocycles. The average molecular weight is 261 g/mol. The topological polar surface area (TPSA) is 78.4 Å². The van der Waals surface area contributed by atoms with Crippen LogP contribution in [0.3, 0.4) is 0 Å². The van der Waals surface area contributed by atoms with Crippen molar-refractivity contribution >= 4 is 11.9 Å². The monoisotopic (exact) mass is 261 g/mol. The van der Waals surface area contributed by atoms with Crippen molar-refractivity contribution in [3.63, 3.8) is 0 Å². The highest BCUT2D eigenvalue weighted by molar-refractivity contribution is 5.46. The fraction of sp³-hybridized carbons (Fsp3) is 0.333. The van der Waals surface area contributed by atoms with Crippen LogP contribution in [0.15, 0.2) is 18.2 Å². The van der Waals surface area contributed by atoms with Crippen molar-refractivity contribution in [2.24, 2.45) is 7.05 Å². The Labute approximate surface area is 110 Å². The second-order valence-electron chi connectivity index (χ2n) is 4.46. The summed E-state index contributed by atoms with van der Waals surface area (Å²) in [6, 6.07) is 5.89.